The number of unbranched alkanes of at least 4 members (excludes halogenated alkanes) is 21. The Bertz CT molecular complexity index is 652. The molecular formula is C41H80N2O3. The van der Waals surface area contributed by atoms with E-state index in [2.05, 4.69) is 42.3 Å². The maximum atomic E-state index is 12.0. The van der Waals surface area contributed by atoms with Gasteiger partial charge in [0.2, 0.25) is 0 Å². The van der Waals surface area contributed by atoms with Crippen LogP contribution in [0, 0.1) is 0 Å². The summed E-state index contributed by atoms with van der Waals surface area (Å²) >= 11 is 0. The summed E-state index contributed by atoms with van der Waals surface area (Å²) in [4.78, 5) is 14.6. The van der Waals surface area contributed by atoms with Crippen molar-refractivity contribution in [1.29, 1.82) is 0 Å². The summed E-state index contributed by atoms with van der Waals surface area (Å²) in [6.07, 6.45) is 41.3. The number of ether oxygens (including phenoxy) is 2. The predicted molar refractivity (Wildman–Crippen MR) is 202 cm³/mol. The Morgan fingerprint density at radius 1 is 0.543 bits per heavy atom. The van der Waals surface area contributed by atoms with Crippen LogP contribution in [0.15, 0.2) is 24.3 Å². The van der Waals surface area contributed by atoms with Crippen molar-refractivity contribution in [2.45, 2.75) is 181 Å². The van der Waals surface area contributed by atoms with Crippen molar-refractivity contribution in [2.75, 3.05) is 53.0 Å². The van der Waals surface area contributed by atoms with Crippen LogP contribution in [0.2, 0.25) is 0 Å². The molecule has 0 aliphatic heterocycles. The summed E-state index contributed by atoms with van der Waals surface area (Å²) < 4.78 is 11.1. The van der Waals surface area contributed by atoms with E-state index in [0.717, 1.165) is 45.6 Å². The monoisotopic (exact) mass is 649 g/mol. The third-order valence-corrected chi connectivity index (χ3v) is 8.88. The zero-order valence-corrected chi connectivity index (χ0v) is 31.3. The highest BCUT2D eigenvalue weighted by atomic mass is 16.5. The first-order valence-electron chi connectivity index (χ1n) is 20.1. The minimum atomic E-state index is -0.0439. The van der Waals surface area contributed by atoms with Crippen molar-refractivity contribution in [2.24, 2.45) is 0 Å². The minimum absolute atomic E-state index is 0.0439. The Morgan fingerprint density at radius 3 is 1.59 bits per heavy atom. The summed E-state index contributed by atoms with van der Waals surface area (Å²) in [5.74, 6) is -0.0439. The smallest absolute Gasteiger partial charge is 0.306 e. The van der Waals surface area contributed by atoms with Crippen molar-refractivity contribution in [3.8, 4) is 0 Å². The van der Waals surface area contributed by atoms with Crippen LogP contribution in [-0.4, -0.2) is 63.9 Å². The van der Waals surface area contributed by atoms with Crippen molar-refractivity contribution in [1.82, 2.24) is 10.2 Å². The van der Waals surface area contributed by atoms with E-state index in [1.165, 1.54) is 154 Å². The fourth-order valence-corrected chi connectivity index (χ4v) is 5.81. The summed E-state index contributed by atoms with van der Waals surface area (Å²) in [6.45, 7) is 11.3. The highest BCUT2D eigenvalue weighted by molar-refractivity contribution is 5.69. The Morgan fingerprint density at radius 2 is 1.02 bits per heavy atom. The molecule has 0 aromatic rings. The first-order valence-corrected chi connectivity index (χ1v) is 20.1. The first-order chi connectivity index (χ1) is 22.7. The molecule has 1 N–H and O–H groups in total. The molecule has 0 aliphatic rings. The Balaban J connectivity index is 3.60. The molecule has 0 aromatic carbocycles. The van der Waals surface area contributed by atoms with Crippen LogP contribution in [-0.2, 0) is 14.3 Å². The molecule has 0 unspecified atom stereocenters. The molecule has 46 heavy (non-hydrogen) atoms. The first kappa shape index (κ1) is 44.8. The Kier molecular flexibility index (Phi) is 39.0. The lowest BCUT2D eigenvalue weighted by Gasteiger charge is -2.22. The van der Waals surface area contributed by atoms with Crippen molar-refractivity contribution in [3.05, 3.63) is 24.3 Å². The topological polar surface area (TPSA) is 50.8 Å². The number of rotatable bonds is 38. The number of allylic oxidation sites excluding steroid dienone is 2. The van der Waals surface area contributed by atoms with E-state index in [-0.39, 0.29) is 5.97 Å². The zero-order chi connectivity index (χ0) is 33.4. The second-order valence-corrected chi connectivity index (χ2v) is 13.4. The van der Waals surface area contributed by atoms with Crippen LogP contribution in [0.1, 0.15) is 181 Å². The average molecular weight is 649 g/mol. The molecule has 0 spiro atoms. The van der Waals surface area contributed by atoms with Crippen LogP contribution < -0.4 is 5.32 Å². The van der Waals surface area contributed by atoms with Gasteiger partial charge in [-0.2, -0.15) is 0 Å². The lowest BCUT2D eigenvalue weighted by Crippen LogP contribution is -2.32. The molecule has 0 atom stereocenters. The van der Waals surface area contributed by atoms with Crippen molar-refractivity contribution in [3.63, 3.8) is 0 Å². The van der Waals surface area contributed by atoms with Crippen molar-refractivity contribution >= 4 is 5.97 Å². The summed E-state index contributed by atoms with van der Waals surface area (Å²) in [7, 11) is 2.05. The van der Waals surface area contributed by atoms with Crippen LogP contribution in [0.5, 0.6) is 0 Å². The van der Waals surface area contributed by atoms with E-state index in [4.69, 9.17) is 9.47 Å². The van der Waals surface area contributed by atoms with E-state index in [9.17, 15) is 4.79 Å². The standard InChI is InChI=1S/C41H80N2O3/c1-4-6-8-10-12-14-17-24-30-38-45-39-31-25-19-16-22-28-35-43(37-34-42-3)36-29-23-20-21-27-33-41(44)46-40-32-26-18-15-13-11-9-7-5-2/h24,26,30,32,42H,4-23,25,27-29,31,33-40H2,1-3H3/b30-24+,32-26+. The van der Waals surface area contributed by atoms with E-state index >= 15 is 0 Å². The SMILES string of the molecule is CCCCCCCC/C=C/COCCCCCCCCN(CCCCCCCC(=O)OC/C=C/CCCCCCCC)CCNC. The predicted octanol–water partition coefficient (Wildman–Crippen LogP) is 11.4. The van der Waals surface area contributed by atoms with E-state index in [0.29, 0.717) is 13.0 Å². The van der Waals surface area contributed by atoms with Gasteiger partial charge in [-0.15, -0.1) is 0 Å². The van der Waals surface area contributed by atoms with Gasteiger partial charge in [0.15, 0.2) is 0 Å². The fourth-order valence-electron chi connectivity index (χ4n) is 5.81. The van der Waals surface area contributed by atoms with Gasteiger partial charge in [0, 0.05) is 26.1 Å². The highest BCUT2D eigenvalue weighted by Crippen LogP contribution is 2.11. The highest BCUT2D eigenvalue weighted by Gasteiger charge is 2.05. The average Bonchev–Trinajstić information content (AvgIpc) is 3.06. The van der Waals surface area contributed by atoms with E-state index in [1.807, 2.05) is 13.1 Å². The molecule has 0 saturated heterocycles. The number of hydrogen-bond donors (Lipinski definition) is 1. The van der Waals surface area contributed by atoms with E-state index in [1.54, 1.807) is 0 Å². The normalized spacial score (nSPS) is 11.9. The largest absolute Gasteiger partial charge is 0.461 e. The fraction of sp³-hybridized carbons (Fsp3) is 0.878. The molecule has 0 saturated carbocycles. The van der Waals surface area contributed by atoms with Crippen LogP contribution in [0.25, 0.3) is 0 Å². The molecule has 272 valence electrons. The molecule has 5 nitrogen and oxygen atoms in total. The van der Waals surface area contributed by atoms with Gasteiger partial charge in [0.1, 0.15) is 6.61 Å². The Hall–Kier alpha value is -1.17. The number of nitrogens with one attached hydrogen (secondary N) is 1. The lowest BCUT2D eigenvalue weighted by molar-refractivity contribution is -0.142. The minimum Gasteiger partial charge on any atom is -0.461 e. The molecule has 0 aliphatic carbocycles. The van der Waals surface area contributed by atoms with E-state index < -0.39 is 0 Å². The number of hydrogen-bond acceptors (Lipinski definition) is 5. The number of nitrogens with zero attached hydrogens (tertiary/aromatic N) is 1. The lowest BCUT2D eigenvalue weighted by atomic mass is 10.1. The molecule has 0 bridgehead atoms. The maximum Gasteiger partial charge on any atom is 0.306 e. The number of esters is 1. The second-order valence-electron chi connectivity index (χ2n) is 13.4. The number of carbonyl (C=O) groups is 1. The molecular weight excluding hydrogens is 568 g/mol. The summed E-state index contributed by atoms with van der Waals surface area (Å²) in [5, 5.41) is 3.32. The summed E-state index contributed by atoms with van der Waals surface area (Å²) in [6, 6.07) is 0. The quantitative estimate of drug-likeness (QED) is 0.0410. The van der Waals surface area contributed by atoms with Gasteiger partial charge >= 0.3 is 5.97 Å². The molecule has 0 heterocycles. The van der Waals surface area contributed by atoms with Crippen LogP contribution in [0.3, 0.4) is 0 Å². The van der Waals surface area contributed by atoms with Gasteiger partial charge in [-0.3, -0.25) is 4.79 Å². The zero-order valence-electron chi connectivity index (χ0n) is 31.3. The van der Waals surface area contributed by atoms with Gasteiger partial charge in [-0.1, -0.05) is 147 Å². The maximum absolute atomic E-state index is 12.0. The van der Waals surface area contributed by atoms with Gasteiger partial charge in [-0.25, -0.2) is 0 Å². The van der Waals surface area contributed by atoms with Crippen molar-refractivity contribution < 1.29 is 14.3 Å². The molecule has 0 amide bonds. The molecule has 0 fully saturated rings. The third kappa shape index (κ3) is 37.3. The van der Waals surface area contributed by atoms with Gasteiger partial charge in [0.05, 0.1) is 6.61 Å². The second kappa shape index (κ2) is 40.0. The van der Waals surface area contributed by atoms with Crippen LogP contribution >= 0.6 is 0 Å². The molecule has 0 radical (unpaired) electrons. The van der Waals surface area contributed by atoms with Crippen LogP contribution in [0.4, 0.5) is 0 Å². The van der Waals surface area contributed by atoms with Gasteiger partial charge in [0.25, 0.3) is 0 Å². The summed E-state index contributed by atoms with van der Waals surface area (Å²) in [5.41, 5.74) is 0. The molecule has 5 heteroatoms. The van der Waals surface area contributed by atoms with Gasteiger partial charge < -0.3 is 19.7 Å². The molecule has 0 aromatic heterocycles. The third-order valence-electron chi connectivity index (χ3n) is 8.88. The molecule has 0 rings (SSSR count). The van der Waals surface area contributed by atoms with Gasteiger partial charge in [-0.05, 0) is 71.5 Å². The Labute approximate surface area is 288 Å². The number of likely N-dealkylation sites (N-methyl/N-ethyl adjacent to an activating group) is 1. The number of carbonyl (C=O) groups excluding carboxylic acids is 1.